The van der Waals surface area contributed by atoms with Crippen molar-refractivity contribution in [3.63, 3.8) is 0 Å². The van der Waals surface area contributed by atoms with Gasteiger partial charge in [-0.15, -0.1) is 34.9 Å². The van der Waals surface area contributed by atoms with Crippen molar-refractivity contribution in [2.45, 2.75) is 35.1 Å². The van der Waals surface area contributed by atoms with Gasteiger partial charge >= 0.3 is 0 Å². The molecule has 27 heavy (non-hydrogen) atoms. The number of pyridine rings is 1. The Morgan fingerprint density at radius 3 is 2.30 bits per heavy atom. The number of hydrogen-bond donors (Lipinski definition) is 1. The monoisotopic (exact) mass is 541 g/mol. The summed E-state index contributed by atoms with van der Waals surface area (Å²) in [7, 11) is 0. The van der Waals surface area contributed by atoms with Crippen molar-refractivity contribution in [3.05, 3.63) is 77.6 Å². The van der Waals surface area contributed by atoms with Crippen molar-refractivity contribution in [2.24, 2.45) is 0 Å². The predicted octanol–water partition coefficient (Wildman–Crippen LogP) is 5.99. The van der Waals surface area contributed by atoms with E-state index in [2.05, 4.69) is 50.2 Å². The van der Waals surface area contributed by atoms with Gasteiger partial charge in [0.05, 0.1) is 11.3 Å². The van der Waals surface area contributed by atoms with E-state index in [0.29, 0.717) is 0 Å². The number of nitrogens with zero attached hydrogens (tertiary/aromatic N) is 1. The second-order valence-corrected chi connectivity index (χ2v) is 6.04. The number of ketones is 1. The first kappa shape index (κ1) is 24.7. The van der Waals surface area contributed by atoms with Gasteiger partial charge in [-0.1, -0.05) is 51.6 Å². The molecule has 0 saturated carbocycles. The van der Waals surface area contributed by atoms with Crippen LogP contribution in [0.3, 0.4) is 0 Å². The minimum atomic E-state index is -0.125. The Kier molecular flexibility index (Phi) is 10.5. The topological polar surface area (TPSA) is 50.2 Å². The van der Waals surface area contributed by atoms with Gasteiger partial charge in [0.15, 0.2) is 5.78 Å². The van der Waals surface area contributed by atoms with E-state index >= 15 is 0 Å². The molecule has 0 aliphatic rings. The molecule has 3 nitrogen and oxygen atoms in total. The minimum absolute atomic E-state index is 0. The number of fused-ring (bicyclic) bond motifs is 1. The van der Waals surface area contributed by atoms with Gasteiger partial charge in [-0.2, -0.15) is 0 Å². The van der Waals surface area contributed by atoms with Crippen molar-refractivity contribution in [1.82, 2.24) is 4.98 Å². The van der Waals surface area contributed by atoms with Crippen molar-refractivity contribution < 1.29 is 30.0 Å². The number of para-hydroxylation sites is 1. The van der Waals surface area contributed by atoms with Gasteiger partial charge in [0.2, 0.25) is 0 Å². The molecule has 0 saturated heterocycles. The quantitative estimate of drug-likeness (QED) is 0.247. The van der Waals surface area contributed by atoms with Gasteiger partial charge in [0, 0.05) is 26.2 Å². The van der Waals surface area contributed by atoms with Crippen LogP contribution >= 0.6 is 0 Å². The summed E-state index contributed by atoms with van der Waals surface area (Å²) in [4.78, 5) is 14.7. The second kappa shape index (κ2) is 11.4. The normalized spacial score (nSPS) is 10.1. The molecule has 145 valence electrons. The maximum atomic E-state index is 10.0. The number of allylic oxidation sites excluding steroid dienone is 2. The molecule has 0 fully saturated rings. The third-order valence-electron chi connectivity index (χ3n) is 3.43. The first-order valence-corrected chi connectivity index (χ1v) is 8.10. The van der Waals surface area contributed by atoms with Gasteiger partial charge in [0.25, 0.3) is 0 Å². The van der Waals surface area contributed by atoms with Crippen LogP contribution in [0.2, 0.25) is 0 Å². The Morgan fingerprint density at radius 1 is 1.07 bits per heavy atom. The molecule has 2 aromatic carbocycles. The molecule has 1 radical (unpaired) electrons. The molecular weight excluding hydrogens is 514 g/mol. The van der Waals surface area contributed by atoms with Gasteiger partial charge in [-0.05, 0) is 31.0 Å². The molecule has 0 amide bonds. The van der Waals surface area contributed by atoms with Gasteiger partial charge in [-0.3, -0.25) is 9.78 Å². The average Bonchev–Trinajstić information content (AvgIpc) is 2.53. The van der Waals surface area contributed by atoms with E-state index in [1.54, 1.807) is 0 Å². The molecule has 0 bridgehead atoms. The minimum Gasteiger partial charge on any atom is -0.512 e. The molecule has 0 spiro atoms. The van der Waals surface area contributed by atoms with E-state index in [0.717, 1.165) is 22.3 Å². The number of hydrogen-bond acceptors (Lipinski definition) is 3. The van der Waals surface area contributed by atoms with Crippen molar-refractivity contribution in [1.29, 1.82) is 0 Å². The van der Waals surface area contributed by atoms with Crippen molar-refractivity contribution >= 4 is 16.7 Å². The number of carbonyl (C=O) groups is 1. The number of benzene rings is 2. The van der Waals surface area contributed by atoms with Crippen LogP contribution in [0.1, 0.15) is 32.4 Å². The fourth-order valence-corrected chi connectivity index (χ4v) is 2.54. The fraction of sp³-hybridized carbons (Fsp3) is 0.217. The van der Waals surface area contributed by atoms with Crippen LogP contribution in [0.4, 0.5) is 0 Å². The zero-order chi connectivity index (χ0) is 18.4. The Balaban J connectivity index is 0.000000656. The predicted molar refractivity (Wildman–Crippen MR) is 109 cm³/mol. The third-order valence-corrected chi connectivity index (χ3v) is 3.43. The maximum Gasteiger partial charge on any atom is 0.155 e. The summed E-state index contributed by atoms with van der Waals surface area (Å²) in [6.07, 6.45) is 1.17. The van der Waals surface area contributed by atoms with Crippen LogP contribution in [0.5, 0.6) is 0 Å². The smallest absolute Gasteiger partial charge is 0.155 e. The molecule has 1 aromatic heterocycles. The Hall–Kier alpha value is -2.29. The Labute approximate surface area is 175 Å². The summed E-state index contributed by atoms with van der Waals surface area (Å²) >= 11 is 0. The molecule has 1 heterocycles. The van der Waals surface area contributed by atoms with Crippen molar-refractivity contribution in [2.75, 3.05) is 0 Å². The number of carbonyl (C=O) groups excluding carboxylic acids is 1. The summed E-state index contributed by atoms with van der Waals surface area (Å²) in [6.45, 7) is 7.02. The number of aryl methyl sites for hydroxylation is 2. The number of aromatic nitrogens is 1. The zero-order valence-electron chi connectivity index (χ0n) is 15.3. The largest absolute Gasteiger partial charge is 0.512 e. The van der Waals surface area contributed by atoms with Gasteiger partial charge in [-0.25, -0.2) is 0 Å². The standard InChI is InChI=1S/C17H14N.C5H8O2.CH4.Ir/c1-12-9-13(2)11-15(10-12)17-8-7-14-5-3-4-6-16(14)18-17;1-4(6)3-5(2)7;;/h3-10H,1-2H3;3,6H,1-2H3;1H4;/q-1;;;. The number of rotatable bonds is 2. The van der Waals surface area contributed by atoms with E-state index in [-0.39, 0.29) is 39.1 Å². The summed E-state index contributed by atoms with van der Waals surface area (Å²) in [6, 6.07) is 20.0. The molecule has 4 heteroatoms. The van der Waals surface area contributed by atoms with E-state index in [1.807, 2.05) is 18.2 Å². The van der Waals surface area contributed by atoms with E-state index in [1.165, 1.54) is 30.9 Å². The molecule has 0 unspecified atom stereocenters. The van der Waals surface area contributed by atoms with E-state index in [9.17, 15) is 4.79 Å². The van der Waals surface area contributed by atoms with Crippen LogP contribution in [-0.2, 0) is 24.9 Å². The second-order valence-electron chi connectivity index (χ2n) is 6.04. The van der Waals surface area contributed by atoms with Gasteiger partial charge < -0.3 is 5.11 Å². The summed E-state index contributed by atoms with van der Waals surface area (Å²) < 4.78 is 0. The molecule has 0 aliphatic carbocycles. The molecule has 0 aliphatic heterocycles. The Bertz CT molecular complexity index is 908. The van der Waals surface area contributed by atoms with Gasteiger partial charge in [0.1, 0.15) is 0 Å². The summed E-state index contributed by atoms with van der Waals surface area (Å²) in [5, 5.41) is 9.53. The number of aliphatic hydroxyl groups excluding tert-OH is 1. The first-order valence-electron chi connectivity index (χ1n) is 8.10. The van der Waals surface area contributed by atoms with E-state index < -0.39 is 0 Å². The molecular formula is C23H26IrNO2-. The third kappa shape index (κ3) is 7.86. The van der Waals surface area contributed by atoms with Crippen LogP contribution in [0.25, 0.3) is 22.2 Å². The van der Waals surface area contributed by atoms with Crippen LogP contribution in [0, 0.1) is 19.9 Å². The average molecular weight is 541 g/mol. The Morgan fingerprint density at radius 2 is 1.74 bits per heavy atom. The van der Waals surface area contributed by atoms with Crippen LogP contribution < -0.4 is 0 Å². The molecule has 3 aromatic rings. The molecule has 0 atom stereocenters. The van der Waals surface area contributed by atoms with Crippen LogP contribution in [0.15, 0.2) is 60.4 Å². The number of aliphatic hydroxyl groups is 1. The maximum absolute atomic E-state index is 10.0. The fourth-order valence-electron chi connectivity index (χ4n) is 2.54. The SMILES string of the molecule is C.CC(=O)C=C(C)O.Cc1[c-]c(-c2ccc3ccccc3n2)cc(C)c1.[Ir]. The summed E-state index contributed by atoms with van der Waals surface area (Å²) in [5.74, 6) is -0.0625. The summed E-state index contributed by atoms with van der Waals surface area (Å²) in [5.41, 5.74) is 5.48. The first-order chi connectivity index (χ1) is 11.8. The van der Waals surface area contributed by atoms with E-state index in [4.69, 9.17) is 10.1 Å². The van der Waals surface area contributed by atoms with Crippen molar-refractivity contribution in [3.8, 4) is 11.3 Å². The zero-order valence-corrected chi connectivity index (χ0v) is 17.7. The molecule has 3 rings (SSSR count). The molecule has 1 N–H and O–H groups in total. The van der Waals surface area contributed by atoms with Crippen LogP contribution in [-0.4, -0.2) is 15.9 Å².